The fraction of sp³-hybridized carbons (Fsp3) is 0.933. The third-order valence-electron chi connectivity index (χ3n) is 4.59. The minimum atomic E-state index is -0.310. The Morgan fingerprint density at radius 1 is 1.40 bits per heavy atom. The van der Waals surface area contributed by atoms with Gasteiger partial charge in [-0.25, -0.2) is 0 Å². The van der Waals surface area contributed by atoms with Gasteiger partial charge in [0.2, 0.25) is 5.91 Å². The Bertz CT molecular complexity index is 313. The summed E-state index contributed by atoms with van der Waals surface area (Å²) in [5.41, 5.74) is -0.310. The molecule has 116 valence electrons. The number of nitrogens with one attached hydrogen (secondary N) is 2. The molecule has 1 saturated carbocycles. The van der Waals surface area contributed by atoms with E-state index in [1.165, 1.54) is 12.2 Å². The Hall–Kier alpha value is -0.260. The summed E-state index contributed by atoms with van der Waals surface area (Å²) in [4.78, 5) is 12.7. The lowest BCUT2D eigenvalue weighted by Gasteiger charge is -2.36. The van der Waals surface area contributed by atoms with Crippen molar-refractivity contribution in [3.8, 4) is 0 Å². The molecule has 0 aromatic carbocycles. The zero-order valence-electron chi connectivity index (χ0n) is 12.7. The average molecular weight is 300 g/mol. The molecular weight excluding hydrogens is 272 g/mol. The number of carbonyl (C=O) groups excluding carboxylic acids is 1. The van der Waals surface area contributed by atoms with Crippen LogP contribution in [0.4, 0.5) is 0 Å². The van der Waals surface area contributed by atoms with Crippen molar-refractivity contribution < 1.29 is 9.53 Å². The highest BCUT2D eigenvalue weighted by Gasteiger charge is 2.41. The molecule has 0 bridgehead atoms. The lowest BCUT2D eigenvalue weighted by molar-refractivity contribution is -0.136. The fourth-order valence-electron chi connectivity index (χ4n) is 3.42. The van der Waals surface area contributed by atoms with Crippen molar-refractivity contribution in [2.75, 3.05) is 32.6 Å². The summed E-state index contributed by atoms with van der Waals surface area (Å²) in [6, 6.07) is 0.371. The topological polar surface area (TPSA) is 50.4 Å². The predicted molar refractivity (Wildman–Crippen MR) is 84.1 cm³/mol. The van der Waals surface area contributed by atoms with Crippen LogP contribution in [0.2, 0.25) is 0 Å². The van der Waals surface area contributed by atoms with Crippen LogP contribution in [0.15, 0.2) is 0 Å². The average Bonchev–Trinajstić information content (AvgIpc) is 2.88. The summed E-state index contributed by atoms with van der Waals surface area (Å²) >= 11 is 2.03. The smallest absolute Gasteiger partial charge is 0.228 e. The molecule has 0 aromatic rings. The van der Waals surface area contributed by atoms with E-state index in [-0.39, 0.29) is 11.3 Å². The molecule has 0 radical (unpaired) electrons. The Kier molecular flexibility index (Phi) is 6.18. The van der Waals surface area contributed by atoms with Gasteiger partial charge >= 0.3 is 0 Å². The van der Waals surface area contributed by atoms with Gasteiger partial charge < -0.3 is 15.4 Å². The quantitative estimate of drug-likeness (QED) is 0.785. The first kappa shape index (κ1) is 16.1. The number of rotatable bonds is 6. The second-order valence-electron chi connectivity index (χ2n) is 6.02. The SMILES string of the molecule is CCSC1CCC(NC(=O)C2(COC)CCNCC2)C1. The zero-order chi connectivity index (χ0) is 14.4. The molecule has 5 heteroatoms. The van der Waals surface area contributed by atoms with Gasteiger partial charge in [0.1, 0.15) is 0 Å². The molecule has 1 heterocycles. The molecule has 0 aromatic heterocycles. The molecule has 0 spiro atoms. The number of methoxy groups -OCH3 is 1. The molecular formula is C15H28N2O2S. The summed E-state index contributed by atoms with van der Waals surface area (Å²) in [5.74, 6) is 1.39. The van der Waals surface area contributed by atoms with Crippen LogP contribution in [0.25, 0.3) is 0 Å². The van der Waals surface area contributed by atoms with Crippen LogP contribution < -0.4 is 10.6 Å². The van der Waals surface area contributed by atoms with E-state index >= 15 is 0 Å². The molecule has 2 N–H and O–H groups in total. The highest BCUT2D eigenvalue weighted by atomic mass is 32.2. The summed E-state index contributed by atoms with van der Waals surface area (Å²) in [6.45, 7) is 4.57. The molecule has 20 heavy (non-hydrogen) atoms. The minimum absolute atomic E-state index is 0.216. The summed E-state index contributed by atoms with van der Waals surface area (Å²) in [7, 11) is 1.69. The number of thioether (sulfide) groups is 1. The van der Waals surface area contributed by atoms with Gasteiger partial charge in [-0.1, -0.05) is 6.92 Å². The summed E-state index contributed by atoms with van der Waals surface area (Å²) in [5, 5.41) is 7.37. The first-order valence-corrected chi connectivity index (χ1v) is 8.87. The maximum absolute atomic E-state index is 12.7. The highest BCUT2D eigenvalue weighted by molar-refractivity contribution is 7.99. The molecule has 2 aliphatic rings. The van der Waals surface area contributed by atoms with Crippen LogP contribution in [0.3, 0.4) is 0 Å². The van der Waals surface area contributed by atoms with E-state index in [1.807, 2.05) is 11.8 Å². The number of amides is 1. The lowest BCUT2D eigenvalue weighted by Crippen LogP contribution is -2.52. The van der Waals surface area contributed by atoms with E-state index in [0.29, 0.717) is 12.6 Å². The minimum Gasteiger partial charge on any atom is -0.384 e. The maximum atomic E-state index is 12.7. The number of ether oxygens (including phenoxy) is 1. The Morgan fingerprint density at radius 3 is 2.80 bits per heavy atom. The van der Waals surface area contributed by atoms with Gasteiger partial charge in [-0.3, -0.25) is 4.79 Å². The first-order chi connectivity index (χ1) is 9.70. The van der Waals surface area contributed by atoms with Crippen LogP contribution >= 0.6 is 11.8 Å². The van der Waals surface area contributed by atoms with Crippen LogP contribution in [0, 0.1) is 5.41 Å². The van der Waals surface area contributed by atoms with E-state index in [2.05, 4.69) is 17.6 Å². The molecule has 1 amide bonds. The molecule has 2 unspecified atom stereocenters. The van der Waals surface area contributed by atoms with Crippen molar-refractivity contribution in [1.29, 1.82) is 0 Å². The van der Waals surface area contributed by atoms with Gasteiger partial charge in [-0.05, 0) is 50.9 Å². The summed E-state index contributed by atoms with van der Waals surface area (Å²) in [6.07, 6.45) is 5.26. The standard InChI is InChI=1S/C15H28N2O2S/c1-3-20-13-5-4-12(10-13)17-14(18)15(11-19-2)6-8-16-9-7-15/h12-13,16H,3-11H2,1-2H3,(H,17,18). The Labute approximate surface area is 126 Å². The number of hydrogen-bond donors (Lipinski definition) is 2. The Balaban J connectivity index is 1.89. The van der Waals surface area contributed by atoms with Crippen molar-refractivity contribution in [3.63, 3.8) is 0 Å². The van der Waals surface area contributed by atoms with Crippen molar-refractivity contribution in [2.24, 2.45) is 5.41 Å². The molecule has 2 atom stereocenters. The normalized spacial score (nSPS) is 29.3. The molecule has 2 rings (SSSR count). The maximum Gasteiger partial charge on any atom is 0.228 e. The van der Waals surface area contributed by atoms with Crippen LogP contribution in [-0.2, 0) is 9.53 Å². The van der Waals surface area contributed by atoms with Crippen LogP contribution in [-0.4, -0.2) is 49.8 Å². The Morgan fingerprint density at radius 2 is 2.15 bits per heavy atom. The van der Waals surface area contributed by atoms with Crippen molar-refractivity contribution in [3.05, 3.63) is 0 Å². The highest BCUT2D eigenvalue weighted by Crippen LogP contribution is 2.33. The van der Waals surface area contributed by atoms with Gasteiger partial charge in [0.25, 0.3) is 0 Å². The number of piperidine rings is 1. The van der Waals surface area contributed by atoms with Gasteiger partial charge in [0.15, 0.2) is 0 Å². The first-order valence-electron chi connectivity index (χ1n) is 7.82. The second-order valence-corrected chi connectivity index (χ2v) is 7.60. The lowest BCUT2D eigenvalue weighted by atomic mass is 9.78. The van der Waals surface area contributed by atoms with Gasteiger partial charge in [-0.2, -0.15) is 11.8 Å². The van der Waals surface area contributed by atoms with Crippen molar-refractivity contribution >= 4 is 17.7 Å². The molecule has 1 aliphatic carbocycles. The van der Waals surface area contributed by atoms with E-state index < -0.39 is 0 Å². The van der Waals surface area contributed by atoms with E-state index in [1.54, 1.807) is 7.11 Å². The molecule has 2 fully saturated rings. The third kappa shape index (κ3) is 3.89. The van der Waals surface area contributed by atoms with Crippen molar-refractivity contribution in [2.45, 2.75) is 50.3 Å². The van der Waals surface area contributed by atoms with Gasteiger partial charge in [0, 0.05) is 18.4 Å². The molecule has 4 nitrogen and oxygen atoms in total. The predicted octanol–water partition coefficient (Wildman–Crippen LogP) is 1.79. The molecule has 1 saturated heterocycles. The second kappa shape index (κ2) is 7.66. The van der Waals surface area contributed by atoms with Crippen LogP contribution in [0.5, 0.6) is 0 Å². The van der Waals surface area contributed by atoms with E-state index in [9.17, 15) is 4.79 Å². The van der Waals surface area contributed by atoms with Gasteiger partial charge in [-0.15, -0.1) is 0 Å². The van der Waals surface area contributed by atoms with Crippen molar-refractivity contribution in [1.82, 2.24) is 10.6 Å². The monoisotopic (exact) mass is 300 g/mol. The number of hydrogen-bond acceptors (Lipinski definition) is 4. The fourth-order valence-corrected chi connectivity index (χ4v) is 4.56. The zero-order valence-corrected chi connectivity index (χ0v) is 13.6. The van der Waals surface area contributed by atoms with Gasteiger partial charge in [0.05, 0.1) is 12.0 Å². The van der Waals surface area contributed by atoms with Crippen LogP contribution in [0.1, 0.15) is 39.0 Å². The van der Waals surface area contributed by atoms with E-state index in [0.717, 1.165) is 44.0 Å². The number of carbonyl (C=O) groups is 1. The largest absolute Gasteiger partial charge is 0.384 e. The van der Waals surface area contributed by atoms with E-state index in [4.69, 9.17) is 4.74 Å². The molecule has 1 aliphatic heterocycles. The summed E-state index contributed by atoms with van der Waals surface area (Å²) < 4.78 is 5.34. The third-order valence-corrected chi connectivity index (χ3v) is 5.82.